The average molecular weight is 305 g/mol. The first kappa shape index (κ1) is 16.8. The van der Waals surface area contributed by atoms with Crippen LogP contribution in [-0.4, -0.2) is 0 Å². The molecule has 0 N–H and O–H groups in total. The van der Waals surface area contributed by atoms with E-state index >= 15 is 0 Å². The van der Waals surface area contributed by atoms with Gasteiger partial charge in [0, 0.05) is 0 Å². The van der Waals surface area contributed by atoms with Gasteiger partial charge in [-0.3, -0.25) is 0 Å². The maximum Gasteiger partial charge on any atom is -0.0323 e. The van der Waals surface area contributed by atoms with Gasteiger partial charge in [0.2, 0.25) is 0 Å². The first-order chi connectivity index (χ1) is 9.87. The van der Waals surface area contributed by atoms with Gasteiger partial charge in [-0.15, -0.1) is 0 Å². The van der Waals surface area contributed by atoms with Crippen LogP contribution in [0.1, 0.15) is 93.9 Å². The van der Waals surface area contributed by atoms with Crippen molar-refractivity contribution in [3.8, 4) is 0 Å². The highest BCUT2D eigenvalue weighted by atomic mass is 14.6. The third kappa shape index (κ3) is 2.48. The van der Waals surface area contributed by atoms with Crippen LogP contribution in [-0.2, 0) is 0 Å². The van der Waals surface area contributed by atoms with Gasteiger partial charge < -0.3 is 0 Å². The van der Waals surface area contributed by atoms with E-state index in [4.69, 9.17) is 0 Å². The second-order valence-electron chi connectivity index (χ2n) is 11.9. The lowest BCUT2D eigenvalue weighted by Gasteiger charge is -2.64. The molecule has 3 rings (SSSR count). The molecule has 0 unspecified atom stereocenters. The largest absolute Gasteiger partial charge is 0.0596 e. The van der Waals surface area contributed by atoms with E-state index in [1.165, 1.54) is 38.5 Å². The van der Waals surface area contributed by atoms with Crippen LogP contribution in [0.15, 0.2) is 0 Å². The molecule has 0 radical (unpaired) electrons. The smallest absolute Gasteiger partial charge is 0.0323 e. The summed E-state index contributed by atoms with van der Waals surface area (Å²) in [5.41, 5.74) is 2.23. The summed E-state index contributed by atoms with van der Waals surface area (Å²) >= 11 is 0. The topological polar surface area (TPSA) is 0 Å². The van der Waals surface area contributed by atoms with Crippen molar-refractivity contribution in [3.63, 3.8) is 0 Å². The Balaban J connectivity index is 1.98. The molecule has 3 aliphatic carbocycles. The van der Waals surface area contributed by atoms with Crippen LogP contribution in [0.2, 0.25) is 0 Å². The molecule has 128 valence electrons. The summed E-state index contributed by atoms with van der Waals surface area (Å²) in [5.74, 6) is 3.80. The summed E-state index contributed by atoms with van der Waals surface area (Å²) in [5, 5.41) is 0. The van der Waals surface area contributed by atoms with Gasteiger partial charge in [0.05, 0.1) is 0 Å². The zero-order valence-electron chi connectivity index (χ0n) is 16.6. The number of rotatable bonds is 0. The SMILES string of the molecule is CC1(C)CCC(C)(C)[C@@H]2C[C@H]3[C@H](C[C@H]21)C(C)(C)CCC3(C)C. The van der Waals surface area contributed by atoms with E-state index in [9.17, 15) is 0 Å². The quantitative estimate of drug-likeness (QED) is 0.455. The van der Waals surface area contributed by atoms with E-state index in [-0.39, 0.29) is 0 Å². The van der Waals surface area contributed by atoms with Gasteiger partial charge >= 0.3 is 0 Å². The van der Waals surface area contributed by atoms with Crippen LogP contribution in [0.3, 0.4) is 0 Å². The van der Waals surface area contributed by atoms with Crippen molar-refractivity contribution >= 4 is 0 Å². The van der Waals surface area contributed by atoms with E-state index in [2.05, 4.69) is 55.4 Å². The first-order valence-electron chi connectivity index (χ1n) is 9.87. The average Bonchev–Trinajstić information content (AvgIpc) is 2.40. The predicted molar refractivity (Wildman–Crippen MR) is 96.8 cm³/mol. The molecule has 3 saturated carbocycles. The van der Waals surface area contributed by atoms with Gasteiger partial charge in [-0.1, -0.05) is 55.4 Å². The fourth-order valence-electron chi connectivity index (χ4n) is 6.69. The standard InChI is InChI=1S/C22H40/c1-19(2)9-10-20(3,4)16-14-18-17(13-15(16)19)21(5,6)11-12-22(18,7)8/h15-18H,9-14H2,1-8H3/t15-,16-,17+,18+. The molecule has 0 saturated heterocycles. The Bertz CT molecular complexity index is 355. The van der Waals surface area contributed by atoms with Gasteiger partial charge in [-0.05, 0) is 83.9 Å². The van der Waals surface area contributed by atoms with Crippen LogP contribution < -0.4 is 0 Å². The molecule has 3 aliphatic rings. The predicted octanol–water partition coefficient (Wildman–Crippen LogP) is 6.94. The maximum absolute atomic E-state index is 2.57. The molecule has 0 amide bonds. The van der Waals surface area contributed by atoms with Gasteiger partial charge in [0.15, 0.2) is 0 Å². The van der Waals surface area contributed by atoms with Gasteiger partial charge in [0.25, 0.3) is 0 Å². The molecule has 3 fully saturated rings. The van der Waals surface area contributed by atoms with E-state index in [1.54, 1.807) is 0 Å². The fourth-order valence-corrected chi connectivity index (χ4v) is 6.69. The summed E-state index contributed by atoms with van der Waals surface area (Å²) < 4.78 is 0. The van der Waals surface area contributed by atoms with Crippen LogP contribution in [0, 0.1) is 45.3 Å². The highest BCUT2D eigenvalue weighted by molar-refractivity contribution is 5.07. The van der Waals surface area contributed by atoms with Crippen molar-refractivity contribution in [2.24, 2.45) is 45.3 Å². The third-order valence-corrected chi connectivity index (χ3v) is 8.83. The Kier molecular flexibility index (Phi) is 3.65. The molecular weight excluding hydrogens is 264 g/mol. The molecule has 0 aromatic rings. The highest BCUT2D eigenvalue weighted by Gasteiger charge is 2.58. The monoisotopic (exact) mass is 304 g/mol. The molecule has 0 aromatic carbocycles. The van der Waals surface area contributed by atoms with Crippen LogP contribution in [0.4, 0.5) is 0 Å². The van der Waals surface area contributed by atoms with Crippen LogP contribution >= 0.6 is 0 Å². The molecule has 0 nitrogen and oxygen atoms in total. The minimum absolute atomic E-state index is 0.558. The van der Waals surface area contributed by atoms with Crippen molar-refractivity contribution in [3.05, 3.63) is 0 Å². The number of hydrogen-bond acceptors (Lipinski definition) is 0. The fraction of sp³-hybridized carbons (Fsp3) is 1.00. The molecule has 0 spiro atoms. The minimum Gasteiger partial charge on any atom is -0.0596 e. The van der Waals surface area contributed by atoms with E-state index in [0.717, 1.165) is 23.7 Å². The number of hydrogen-bond donors (Lipinski definition) is 0. The molecule has 0 aromatic heterocycles. The molecule has 22 heavy (non-hydrogen) atoms. The second-order valence-corrected chi connectivity index (χ2v) is 11.9. The molecule has 0 heteroatoms. The van der Waals surface area contributed by atoms with Crippen molar-refractivity contribution in [2.75, 3.05) is 0 Å². The Morgan fingerprint density at radius 1 is 0.409 bits per heavy atom. The summed E-state index contributed by atoms with van der Waals surface area (Å²) in [4.78, 5) is 0. The molecule has 0 aliphatic heterocycles. The third-order valence-electron chi connectivity index (χ3n) is 8.83. The van der Waals surface area contributed by atoms with Gasteiger partial charge in [-0.2, -0.15) is 0 Å². The van der Waals surface area contributed by atoms with Crippen molar-refractivity contribution in [2.45, 2.75) is 93.9 Å². The van der Waals surface area contributed by atoms with E-state index in [0.29, 0.717) is 21.7 Å². The Morgan fingerprint density at radius 3 is 0.773 bits per heavy atom. The first-order valence-corrected chi connectivity index (χ1v) is 9.87. The summed E-state index contributed by atoms with van der Waals surface area (Å²) in [7, 11) is 0. The maximum atomic E-state index is 2.57. The molecule has 0 bridgehead atoms. The van der Waals surface area contributed by atoms with E-state index in [1.807, 2.05) is 0 Å². The zero-order chi connectivity index (χ0) is 16.6. The van der Waals surface area contributed by atoms with Gasteiger partial charge in [-0.25, -0.2) is 0 Å². The summed E-state index contributed by atoms with van der Waals surface area (Å²) in [6.07, 6.45) is 8.74. The number of fused-ring (bicyclic) bond motifs is 2. The van der Waals surface area contributed by atoms with Gasteiger partial charge in [0.1, 0.15) is 0 Å². The zero-order valence-corrected chi connectivity index (χ0v) is 16.6. The molecular formula is C22H40. The van der Waals surface area contributed by atoms with Crippen LogP contribution in [0.25, 0.3) is 0 Å². The second kappa shape index (κ2) is 4.76. The van der Waals surface area contributed by atoms with Crippen LogP contribution in [0.5, 0.6) is 0 Å². The van der Waals surface area contributed by atoms with Crippen molar-refractivity contribution in [1.82, 2.24) is 0 Å². The minimum atomic E-state index is 0.558. The van der Waals surface area contributed by atoms with Crippen molar-refractivity contribution in [1.29, 1.82) is 0 Å². The Labute approximate surface area is 139 Å². The molecule has 4 atom stereocenters. The normalized spacial score (nSPS) is 44.7. The Morgan fingerprint density at radius 2 is 0.591 bits per heavy atom. The summed E-state index contributed by atoms with van der Waals surface area (Å²) in [6, 6.07) is 0. The highest BCUT2D eigenvalue weighted by Crippen LogP contribution is 2.66. The lowest BCUT2D eigenvalue weighted by atomic mass is 9.41. The molecule has 0 heterocycles. The lowest BCUT2D eigenvalue weighted by Crippen LogP contribution is -2.55. The lowest BCUT2D eigenvalue weighted by molar-refractivity contribution is -0.143. The summed E-state index contributed by atoms with van der Waals surface area (Å²) in [6.45, 7) is 20.6. The Hall–Kier alpha value is 0. The van der Waals surface area contributed by atoms with E-state index < -0.39 is 0 Å². The van der Waals surface area contributed by atoms with Crippen molar-refractivity contribution < 1.29 is 0 Å².